The quantitative estimate of drug-likeness (QED) is 0.116. The number of rotatable bonds is 8. The van der Waals surface area contributed by atoms with Gasteiger partial charge >= 0.3 is 0 Å². The summed E-state index contributed by atoms with van der Waals surface area (Å²) in [6.45, 7) is 0. The molecule has 4 amide bonds. The van der Waals surface area contributed by atoms with E-state index in [1.54, 1.807) is 36.4 Å². The number of hydrogen-bond donors (Lipinski definition) is 3. The Labute approximate surface area is 305 Å². The van der Waals surface area contributed by atoms with Crippen molar-refractivity contribution in [3.8, 4) is 34.1 Å². The molecule has 268 valence electrons. The van der Waals surface area contributed by atoms with Crippen molar-refractivity contribution < 1.29 is 54.6 Å². The number of carbonyl (C=O) groups is 4. The minimum atomic E-state index is -4.52. The summed E-state index contributed by atoms with van der Waals surface area (Å²) in [6, 6.07) is 27.0. The number of amides is 4. The smallest absolute Gasteiger partial charge is 0.294 e. The Morgan fingerprint density at radius 3 is 1.52 bits per heavy atom. The van der Waals surface area contributed by atoms with Crippen LogP contribution in [0.15, 0.2) is 125 Å². The number of ether oxygens (including phenoxy) is 2. The molecule has 3 N–H and O–H groups in total. The molecule has 8 rings (SSSR count). The van der Waals surface area contributed by atoms with Crippen molar-refractivity contribution >= 4 is 60.3 Å². The van der Waals surface area contributed by atoms with Gasteiger partial charge in [0.1, 0.15) is 17.2 Å². The normalized spacial score (nSPS) is 13.9. The fourth-order valence-corrected chi connectivity index (χ4v) is 7.30. The Hall–Kier alpha value is -6.72. The number of hydrogen-bond acceptors (Lipinski definition) is 10. The zero-order valence-electron chi connectivity index (χ0n) is 27.2. The van der Waals surface area contributed by atoms with Gasteiger partial charge in [0, 0.05) is 33.0 Å². The summed E-state index contributed by atoms with van der Waals surface area (Å²) >= 11 is 0. The predicted molar refractivity (Wildman–Crippen MR) is 191 cm³/mol. The summed E-state index contributed by atoms with van der Waals surface area (Å²) < 4.78 is 77.0. The van der Waals surface area contributed by atoms with Crippen LogP contribution in [0.4, 0.5) is 5.69 Å². The highest BCUT2D eigenvalue weighted by atomic mass is 32.2. The molecule has 6 aromatic rings. The third-order valence-corrected chi connectivity index (χ3v) is 10.6. The van der Waals surface area contributed by atoms with Gasteiger partial charge in [0.05, 0.1) is 15.5 Å². The second-order valence-corrected chi connectivity index (χ2v) is 15.0. The van der Waals surface area contributed by atoms with E-state index < -0.39 is 48.8 Å². The van der Waals surface area contributed by atoms with E-state index in [0.29, 0.717) is 16.9 Å². The van der Waals surface area contributed by atoms with Crippen LogP contribution >= 0.6 is 0 Å². The van der Waals surface area contributed by atoms with Gasteiger partial charge in [-0.25, -0.2) is 4.90 Å². The van der Waals surface area contributed by atoms with Gasteiger partial charge < -0.3 is 9.47 Å². The average Bonchev–Trinajstić information content (AvgIpc) is 3.13. The lowest BCUT2D eigenvalue weighted by Crippen LogP contribution is -2.42. The SMILES string of the molecule is O=C1NC(=O)c2ccc3c4c(ccc1c24)C(=O)N(c1ccc(-c2cccc(Oc4ccc(S(=O)(=O)O)cc4)c2)cc1Oc1ccc(S(=O)(=O)O)cc1)C3=O. The zero-order chi connectivity index (χ0) is 38.1. The number of benzene rings is 6. The molecule has 0 radical (unpaired) electrons. The van der Waals surface area contributed by atoms with E-state index in [1.165, 1.54) is 66.7 Å². The lowest BCUT2D eigenvalue weighted by atomic mass is 9.86. The van der Waals surface area contributed by atoms with Gasteiger partial charge in [-0.15, -0.1) is 0 Å². The van der Waals surface area contributed by atoms with Crippen molar-refractivity contribution in [3.05, 3.63) is 138 Å². The number of anilines is 1. The van der Waals surface area contributed by atoms with Gasteiger partial charge in [0.15, 0.2) is 5.75 Å². The highest BCUT2D eigenvalue weighted by molar-refractivity contribution is 7.86. The van der Waals surface area contributed by atoms with Gasteiger partial charge in [-0.1, -0.05) is 18.2 Å². The Morgan fingerprint density at radius 1 is 0.500 bits per heavy atom. The van der Waals surface area contributed by atoms with E-state index in [-0.39, 0.29) is 60.9 Å². The molecule has 6 aromatic carbocycles. The molecule has 0 bridgehead atoms. The van der Waals surface area contributed by atoms with E-state index in [4.69, 9.17) is 9.47 Å². The van der Waals surface area contributed by atoms with Crippen LogP contribution in [0.25, 0.3) is 21.9 Å². The topological polar surface area (TPSA) is 211 Å². The van der Waals surface area contributed by atoms with E-state index >= 15 is 0 Å². The summed E-state index contributed by atoms with van der Waals surface area (Å²) in [5.74, 6) is -2.13. The van der Waals surface area contributed by atoms with Crippen molar-refractivity contribution in [1.82, 2.24) is 5.32 Å². The Morgan fingerprint density at radius 2 is 0.981 bits per heavy atom. The third-order valence-electron chi connectivity index (χ3n) is 8.82. The van der Waals surface area contributed by atoms with Crippen LogP contribution in [0.1, 0.15) is 41.4 Å². The van der Waals surface area contributed by atoms with Crippen LogP contribution in [0.2, 0.25) is 0 Å². The highest BCUT2D eigenvalue weighted by Gasteiger charge is 2.39. The summed E-state index contributed by atoms with van der Waals surface area (Å²) in [5, 5.41) is 2.62. The number of nitrogens with one attached hydrogen (secondary N) is 1. The first kappa shape index (κ1) is 34.4. The van der Waals surface area contributed by atoms with Crippen LogP contribution in [-0.2, 0) is 20.2 Å². The lowest BCUT2D eigenvalue weighted by Gasteiger charge is -2.30. The van der Waals surface area contributed by atoms with Gasteiger partial charge in [0.25, 0.3) is 43.9 Å². The van der Waals surface area contributed by atoms with Crippen LogP contribution < -0.4 is 19.7 Å². The summed E-state index contributed by atoms with van der Waals surface area (Å²) in [5.41, 5.74) is 1.53. The minimum Gasteiger partial charge on any atom is -0.457 e. The van der Waals surface area contributed by atoms with Crippen molar-refractivity contribution in [3.63, 3.8) is 0 Å². The molecule has 0 fully saturated rings. The van der Waals surface area contributed by atoms with Crippen molar-refractivity contribution in [1.29, 1.82) is 0 Å². The first-order valence-corrected chi connectivity index (χ1v) is 18.6. The van der Waals surface area contributed by atoms with Crippen molar-refractivity contribution in [2.75, 3.05) is 4.90 Å². The van der Waals surface area contributed by atoms with Crippen LogP contribution in [-0.4, -0.2) is 49.6 Å². The van der Waals surface area contributed by atoms with Crippen molar-refractivity contribution in [2.45, 2.75) is 9.79 Å². The summed E-state index contributed by atoms with van der Waals surface area (Å²) in [6.07, 6.45) is 0. The molecule has 0 aromatic heterocycles. The van der Waals surface area contributed by atoms with E-state index in [1.807, 2.05) is 0 Å². The number of imide groups is 2. The Bertz CT molecular complexity index is 2800. The molecule has 0 unspecified atom stereocenters. The zero-order valence-corrected chi connectivity index (χ0v) is 28.8. The standard InChI is InChI=1S/C38H22N2O12S2/c41-35-27-13-15-29-34-30(16-14-28(33(27)34)36(42)39-35)38(44)40(37(29)43)31-17-4-21(19-32(31)52-23-7-11-26(12-8-23)54(48,49)50)20-2-1-3-24(18-20)51-22-5-9-25(10-6-22)53(45,46)47/h1-19H,(H,39,41,42)(H,45,46,47)(H,48,49,50). The molecule has 0 saturated heterocycles. The molecule has 2 aliphatic heterocycles. The molecule has 0 aliphatic carbocycles. The summed E-state index contributed by atoms with van der Waals surface area (Å²) in [7, 11) is -8.92. The fraction of sp³-hybridized carbons (Fsp3) is 0. The monoisotopic (exact) mass is 762 g/mol. The second kappa shape index (κ2) is 12.5. The maximum Gasteiger partial charge on any atom is 0.294 e. The first-order valence-electron chi connectivity index (χ1n) is 15.8. The van der Waals surface area contributed by atoms with Crippen LogP contribution in [0.3, 0.4) is 0 Å². The largest absolute Gasteiger partial charge is 0.457 e. The first-order chi connectivity index (χ1) is 25.7. The van der Waals surface area contributed by atoms with Crippen LogP contribution in [0.5, 0.6) is 23.0 Å². The van der Waals surface area contributed by atoms with Gasteiger partial charge in [-0.05, 0) is 108 Å². The van der Waals surface area contributed by atoms with Gasteiger partial charge in [-0.2, -0.15) is 16.8 Å². The van der Waals surface area contributed by atoms with Gasteiger partial charge in [0.2, 0.25) is 0 Å². The fourth-order valence-electron chi connectivity index (χ4n) is 6.34. The van der Waals surface area contributed by atoms with Crippen molar-refractivity contribution in [2.24, 2.45) is 0 Å². The predicted octanol–water partition coefficient (Wildman–Crippen LogP) is 6.27. The van der Waals surface area contributed by atoms with E-state index in [0.717, 1.165) is 17.0 Å². The molecule has 0 saturated carbocycles. The third kappa shape index (κ3) is 5.94. The number of nitrogens with zero attached hydrogens (tertiary/aromatic N) is 1. The molecular formula is C38H22N2O12S2. The molecule has 2 aliphatic rings. The molecule has 14 nitrogen and oxygen atoms in total. The summed E-state index contributed by atoms with van der Waals surface area (Å²) in [4.78, 5) is 54.0. The maximum atomic E-state index is 14.2. The molecule has 54 heavy (non-hydrogen) atoms. The maximum absolute atomic E-state index is 14.2. The second-order valence-electron chi connectivity index (χ2n) is 12.1. The molecule has 0 spiro atoms. The molecule has 16 heteroatoms. The average molecular weight is 763 g/mol. The minimum absolute atomic E-state index is 0.00630. The molecular weight excluding hydrogens is 741 g/mol. The van der Waals surface area contributed by atoms with Crippen LogP contribution in [0, 0.1) is 0 Å². The van der Waals surface area contributed by atoms with Gasteiger partial charge in [-0.3, -0.25) is 33.6 Å². The lowest BCUT2D eigenvalue weighted by molar-refractivity contribution is 0.0837. The Kier molecular flexibility index (Phi) is 7.93. The molecule has 2 heterocycles. The van der Waals surface area contributed by atoms with E-state index in [9.17, 15) is 45.1 Å². The number of carbonyl (C=O) groups excluding carboxylic acids is 4. The van der Waals surface area contributed by atoms with E-state index in [2.05, 4.69) is 5.32 Å². The molecule has 0 atom stereocenters. The Balaban J connectivity index is 1.21. The highest BCUT2D eigenvalue weighted by Crippen LogP contribution is 2.43.